The van der Waals surface area contributed by atoms with Crippen LogP contribution in [0.5, 0.6) is 0 Å². The van der Waals surface area contributed by atoms with E-state index >= 15 is 0 Å². The molecule has 0 aliphatic rings. The molecule has 0 aromatic carbocycles. The predicted octanol–water partition coefficient (Wildman–Crippen LogP) is 1.25. The lowest BCUT2D eigenvalue weighted by Gasteiger charge is -2.13. The Balaban J connectivity index is 2.00. The van der Waals surface area contributed by atoms with Crippen LogP contribution in [0.25, 0.3) is 0 Å². The van der Waals surface area contributed by atoms with Crippen LogP contribution in [0.15, 0.2) is 24.4 Å². The third-order valence-electron chi connectivity index (χ3n) is 2.47. The van der Waals surface area contributed by atoms with E-state index in [1.807, 2.05) is 18.2 Å². The SMILES string of the molecule is CC(C)CNCC(O)COCCc1ccccn1. The van der Waals surface area contributed by atoms with E-state index in [1.54, 1.807) is 6.20 Å². The maximum absolute atomic E-state index is 9.66. The van der Waals surface area contributed by atoms with Crippen molar-refractivity contribution in [2.45, 2.75) is 26.4 Å². The molecule has 18 heavy (non-hydrogen) atoms. The summed E-state index contributed by atoms with van der Waals surface area (Å²) in [5, 5.41) is 12.9. The molecular weight excluding hydrogens is 228 g/mol. The summed E-state index contributed by atoms with van der Waals surface area (Å²) in [5.41, 5.74) is 1.02. The first kappa shape index (κ1) is 15.1. The summed E-state index contributed by atoms with van der Waals surface area (Å²) in [6.45, 7) is 6.76. The average molecular weight is 252 g/mol. The maximum atomic E-state index is 9.66. The second-order valence-electron chi connectivity index (χ2n) is 4.85. The summed E-state index contributed by atoms with van der Waals surface area (Å²) in [6.07, 6.45) is 2.12. The van der Waals surface area contributed by atoms with Crippen LogP contribution in [0.4, 0.5) is 0 Å². The van der Waals surface area contributed by atoms with Crippen LogP contribution in [0.3, 0.4) is 0 Å². The zero-order valence-corrected chi connectivity index (χ0v) is 11.3. The summed E-state index contributed by atoms with van der Waals surface area (Å²) < 4.78 is 5.43. The number of nitrogens with one attached hydrogen (secondary N) is 1. The Morgan fingerprint density at radius 2 is 2.17 bits per heavy atom. The molecule has 4 nitrogen and oxygen atoms in total. The molecule has 0 saturated carbocycles. The number of nitrogens with zero attached hydrogens (tertiary/aromatic N) is 1. The van der Waals surface area contributed by atoms with Crippen LogP contribution in [-0.4, -0.2) is 42.5 Å². The maximum Gasteiger partial charge on any atom is 0.0897 e. The number of aromatic nitrogens is 1. The van der Waals surface area contributed by atoms with Crippen molar-refractivity contribution >= 4 is 0 Å². The molecule has 0 bridgehead atoms. The second kappa shape index (κ2) is 9.03. The van der Waals surface area contributed by atoms with E-state index in [0.717, 1.165) is 18.7 Å². The topological polar surface area (TPSA) is 54.4 Å². The van der Waals surface area contributed by atoms with E-state index in [-0.39, 0.29) is 0 Å². The molecular formula is C14H24N2O2. The van der Waals surface area contributed by atoms with Gasteiger partial charge in [0.25, 0.3) is 0 Å². The second-order valence-corrected chi connectivity index (χ2v) is 4.85. The van der Waals surface area contributed by atoms with Crippen LogP contribution in [0.1, 0.15) is 19.5 Å². The summed E-state index contributed by atoms with van der Waals surface area (Å²) in [4.78, 5) is 4.21. The molecule has 2 N–H and O–H groups in total. The molecule has 1 heterocycles. The van der Waals surface area contributed by atoms with Crippen molar-refractivity contribution in [3.05, 3.63) is 30.1 Å². The van der Waals surface area contributed by atoms with Crippen molar-refractivity contribution in [2.24, 2.45) is 5.92 Å². The summed E-state index contributed by atoms with van der Waals surface area (Å²) >= 11 is 0. The smallest absolute Gasteiger partial charge is 0.0897 e. The molecule has 0 spiro atoms. The van der Waals surface area contributed by atoms with Gasteiger partial charge >= 0.3 is 0 Å². The summed E-state index contributed by atoms with van der Waals surface area (Å²) in [5.74, 6) is 0.599. The van der Waals surface area contributed by atoms with Crippen LogP contribution in [0.2, 0.25) is 0 Å². The summed E-state index contributed by atoms with van der Waals surface area (Å²) in [7, 11) is 0. The minimum absolute atomic E-state index is 0.373. The minimum Gasteiger partial charge on any atom is -0.389 e. The van der Waals surface area contributed by atoms with Crippen molar-refractivity contribution < 1.29 is 9.84 Å². The molecule has 0 fully saturated rings. The van der Waals surface area contributed by atoms with E-state index in [0.29, 0.717) is 25.7 Å². The molecule has 0 radical (unpaired) electrons. The van der Waals surface area contributed by atoms with Crippen molar-refractivity contribution in [1.82, 2.24) is 10.3 Å². The molecule has 1 aromatic rings. The fraction of sp³-hybridized carbons (Fsp3) is 0.643. The van der Waals surface area contributed by atoms with Crippen LogP contribution >= 0.6 is 0 Å². The number of aliphatic hydroxyl groups is 1. The fourth-order valence-corrected chi connectivity index (χ4v) is 1.54. The molecule has 0 saturated heterocycles. The van der Waals surface area contributed by atoms with Gasteiger partial charge in [0, 0.05) is 24.9 Å². The van der Waals surface area contributed by atoms with Gasteiger partial charge in [-0.05, 0) is 24.6 Å². The quantitative estimate of drug-likeness (QED) is 0.649. The standard InChI is InChI=1S/C14H24N2O2/c1-12(2)9-15-10-14(17)11-18-8-6-13-5-3-4-7-16-13/h3-5,7,12,14-15,17H,6,8-11H2,1-2H3. The molecule has 0 aliphatic carbocycles. The highest BCUT2D eigenvalue weighted by Gasteiger charge is 2.04. The minimum atomic E-state index is -0.438. The first-order valence-electron chi connectivity index (χ1n) is 6.55. The predicted molar refractivity (Wildman–Crippen MR) is 72.5 cm³/mol. The Bertz CT molecular complexity index is 304. The van der Waals surface area contributed by atoms with Gasteiger partial charge in [0.05, 0.1) is 19.3 Å². The van der Waals surface area contributed by atoms with Gasteiger partial charge in [-0.25, -0.2) is 0 Å². The Morgan fingerprint density at radius 1 is 1.33 bits per heavy atom. The number of ether oxygens (including phenoxy) is 1. The Morgan fingerprint density at radius 3 is 2.83 bits per heavy atom. The van der Waals surface area contributed by atoms with Crippen molar-refractivity contribution in [3.8, 4) is 0 Å². The molecule has 1 rings (SSSR count). The lowest BCUT2D eigenvalue weighted by atomic mass is 10.2. The molecule has 4 heteroatoms. The Kier molecular flexibility index (Phi) is 7.57. The highest BCUT2D eigenvalue weighted by Crippen LogP contribution is 1.95. The molecule has 1 unspecified atom stereocenters. The highest BCUT2D eigenvalue weighted by atomic mass is 16.5. The molecule has 0 aliphatic heterocycles. The Labute approximate surface area is 109 Å². The monoisotopic (exact) mass is 252 g/mol. The van der Waals surface area contributed by atoms with E-state index in [2.05, 4.69) is 24.1 Å². The third-order valence-corrected chi connectivity index (χ3v) is 2.47. The fourth-order valence-electron chi connectivity index (χ4n) is 1.54. The van der Waals surface area contributed by atoms with Gasteiger partial charge < -0.3 is 15.2 Å². The van der Waals surface area contributed by atoms with Crippen molar-refractivity contribution in [2.75, 3.05) is 26.3 Å². The van der Waals surface area contributed by atoms with Gasteiger partial charge in [-0.15, -0.1) is 0 Å². The number of pyridine rings is 1. The molecule has 1 atom stereocenters. The van der Waals surface area contributed by atoms with Gasteiger partial charge in [0.15, 0.2) is 0 Å². The van der Waals surface area contributed by atoms with Gasteiger partial charge in [-0.3, -0.25) is 4.98 Å². The van der Waals surface area contributed by atoms with E-state index in [4.69, 9.17) is 4.74 Å². The molecule has 1 aromatic heterocycles. The van der Waals surface area contributed by atoms with Crippen molar-refractivity contribution in [1.29, 1.82) is 0 Å². The average Bonchev–Trinajstić information content (AvgIpc) is 2.35. The third kappa shape index (κ3) is 7.37. The Hall–Kier alpha value is -0.970. The number of rotatable bonds is 9. The van der Waals surface area contributed by atoms with Gasteiger partial charge in [-0.1, -0.05) is 19.9 Å². The van der Waals surface area contributed by atoms with E-state index < -0.39 is 6.10 Å². The largest absolute Gasteiger partial charge is 0.389 e. The first-order chi connectivity index (χ1) is 8.68. The normalized spacial score (nSPS) is 12.9. The molecule has 0 amide bonds. The van der Waals surface area contributed by atoms with Gasteiger partial charge in [-0.2, -0.15) is 0 Å². The molecule has 102 valence electrons. The number of aliphatic hydroxyl groups excluding tert-OH is 1. The van der Waals surface area contributed by atoms with E-state index in [9.17, 15) is 5.11 Å². The lowest BCUT2D eigenvalue weighted by molar-refractivity contribution is 0.0379. The van der Waals surface area contributed by atoms with Crippen LogP contribution in [-0.2, 0) is 11.2 Å². The first-order valence-corrected chi connectivity index (χ1v) is 6.55. The number of hydrogen-bond donors (Lipinski definition) is 2. The lowest BCUT2D eigenvalue weighted by Crippen LogP contribution is -2.32. The van der Waals surface area contributed by atoms with Gasteiger partial charge in [0.1, 0.15) is 0 Å². The van der Waals surface area contributed by atoms with Crippen molar-refractivity contribution in [3.63, 3.8) is 0 Å². The van der Waals surface area contributed by atoms with Crippen LogP contribution in [0, 0.1) is 5.92 Å². The van der Waals surface area contributed by atoms with Gasteiger partial charge in [0.2, 0.25) is 0 Å². The summed E-state index contributed by atoms with van der Waals surface area (Å²) in [6, 6.07) is 5.84. The zero-order valence-electron chi connectivity index (χ0n) is 11.3. The van der Waals surface area contributed by atoms with E-state index in [1.165, 1.54) is 0 Å². The zero-order chi connectivity index (χ0) is 13.2. The highest BCUT2D eigenvalue weighted by molar-refractivity contribution is 5.03. The van der Waals surface area contributed by atoms with Crippen LogP contribution < -0.4 is 5.32 Å². The number of hydrogen-bond acceptors (Lipinski definition) is 4.